The molecule has 0 spiro atoms. The summed E-state index contributed by atoms with van der Waals surface area (Å²) in [6.07, 6.45) is 3.63. The van der Waals surface area contributed by atoms with Crippen LogP contribution in [0.2, 0.25) is 0 Å². The number of nitrogens with zero attached hydrogens (tertiary/aromatic N) is 2. The lowest BCUT2D eigenvalue weighted by Gasteiger charge is -2.17. The van der Waals surface area contributed by atoms with Crippen LogP contribution in [0.25, 0.3) is 28.3 Å². The maximum atomic E-state index is 8.49. The van der Waals surface area contributed by atoms with Crippen molar-refractivity contribution < 1.29 is 33.4 Å². The highest BCUT2D eigenvalue weighted by Crippen LogP contribution is 2.25. The second-order valence-electron chi connectivity index (χ2n) is 6.13. The molecule has 0 aliphatic carbocycles. The van der Waals surface area contributed by atoms with Crippen LogP contribution in [0, 0.1) is 17.2 Å². The number of rotatable bonds is 3. The van der Waals surface area contributed by atoms with Gasteiger partial charge in [-0.25, -0.2) is 23.6 Å². The number of aromatic amines is 1. The minimum absolute atomic E-state index is 0.825. The Morgan fingerprint density at radius 3 is 1.86 bits per heavy atom. The molecule has 4 rings (SSSR count). The zero-order valence-electron chi connectivity index (χ0n) is 15.5. The van der Waals surface area contributed by atoms with Gasteiger partial charge in [0.2, 0.25) is 0 Å². The molecule has 7 nitrogen and oxygen atoms in total. The van der Waals surface area contributed by atoms with Crippen LogP contribution in [0.4, 0.5) is 0 Å². The van der Waals surface area contributed by atoms with Gasteiger partial charge in [-0.3, -0.25) is 0 Å². The minimum Gasteiger partial charge on any atom is -0.245 e. The molecule has 2 heterocycles. The summed E-state index contributed by atoms with van der Waals surface area (Å²) in [5.41, 5.74) is 5.82. The zero-order valence-corrected chi connectivity index (χ0v) is 16.2. The van der Waals surface area contributed by atoms with Crippen molar-refractivity contribution >= 4 is 0 Å². The molecule has 8 heteroatoms. The Kier molecular flexibility index (Phi) is 6.38. The first-order valence-electron chi connectivity index (χ1n) is 8.62. The number of hydrogen-bond acceptors (Lipinski definition) is 5. The van der Waals surface area contributed by atoms with E-state index >= 15 is 0 Å². The molecule has 1 N–H and O–H groups in total. The number of benzene rings is 2. The summed E-state index contributed by atoms with van der Waals surface area (Å²) in [6, 6.07) is 25.3. The average molecular weight is 412 g/mol. The number of aryl methyl sites for hydroxylation is 1. The fourth-order valence-electron chi connectivity index (χ4n) is 3.01. The van der Waals surface area contributed by atoms with E-state index in [1.54, 1.807) is 6.20 Å². The van der Waals surface area contributed by atoms with Crippen LogP contribution in [0.3, 0.4) is 0 Å². The molecule has 0 saturated carbocycles. The Labute approximate surface area is 169 Å². The van der Waals surface area contributed by atoms with Crippen LogP contribution in [0.15, 0.2) is 85.2 Å². The lowest BCUT2D eigenvalue weighted by Crippen LogP contribution is -2.68. The topological polar surface area (TPSA) is 125 Å². The van der Waals surface area contributed by atoms with Crippen LogP contribution < -0.4 is 23.2 Å². The molecule has 0 amide bonds. The smallest absolute Gasteiger partial charge is 0.245 e. The van der Waals surface area contributed by atoms with E-state index in [0.29, 0.717) is 0 Å². The fourth-order valence-corrected chi connectivity index (χ4v) is 3.01. The van der Waals surface area contributed by atoms with Crippen LogP contribution in [-0.2, 0) is 0 Å². The molecular formula is C21H18ClN3O4. The van der Waals surface area contributed by atoms with Crippen molar-refractivity contribution in [3.63, 3.8) is 0 Å². The Morgan fingerprint density at radius 1 is 0.793 bits per heavy atom. The molecule has 0 saturated heterocycles. The van der Waals surface area contributed by atoms with Crippen LogP contribution in [0.1, 0.15) is 5.69 Å². The van der Waals surface area contributed by atoms with Gasteiger partial charge >= 0.3 is 5.95 Å². The third-order valence-corrected chi connectivity index (χ3v) is 4.12. The first-order valence-corrected chi connectivity index (χ1v) is 9.85. The Bertz CT molecular complexity index is 1040. The number of nitrogens with one attached hydrogen (secondary N) is 1. The number of hydrogen-bond donors (Lipinski definition) is 1. The summed E-state index contributed by atoms with van der Waals surface area (Å²) in [7, 11) is -4.94. The van der Waals surface area contributed by atoms with Crippen molar-refractivity contribution in [2.24, 2.45) is 0 Å². The highest BCUT2D eigenvalue weighted by molar-refractivity contribution is 5.69. The molecule has 0 aliphatic heterocycles. The maximum absolute atomic E-state index is 8.49. The van der Waals surface area contributed by atoms with Crippen LogP contribution >= 0.6 is 0 Å². The van der Waals surface area contributed by atoms with Crippen LogP contribution in [-0.4, -0.2) is 9.97 Å². The highest BCUT2D eigenvalue weighted by atomic mass is 35.7. The third-order valence-electron chi connectivity index (χ3n) is 4.12. The van der Waals surface area contributed by atoms with E-state index in [1.165, 1.54) is 11.1 Å². The van der Waals surface area contributed by atoms with Crippen molar-refractivity contribution in [1.29, 1.82) is 0 Å². The van der Waals surface area contributed by atoms with Crippen molar-refractivity contribution in [1.82, 2.24) is 9.97 Å². The molecule has 0 radical (unpaired) electrons. The molecule has 29 heavy (non-hydrogen) atoms. The Balaban J connectivity index is 0.000000431. The molecule has 0 aliphatic rings. The molecule has 2 aromatic heterocycles. The molecule has 0 bridgehead atoms. The predicted molar refractivity (Wildman–Crippen MR) is 95.7 cm³/mol. The van der Waals surface area contributed by atoms with Gasteiger partial charge in [-0.1, -0.05) is 65.6 Å². The quantitative estimate of drug-likeness (QED) is 0.458. The van der Waals surface area contributed by atoms with E-state index in [9.17, 15) is 0 Å². The van der Waals surface area contributed by atoms with Crippen molar-refractivity contribution in [2.45, 2.75) is 6.92 Å². The number of aromatic nitrogens is 3. The van der Waals surface area contributed by atoms with E-state index in [4.69, 9.17) is 18.6 Å². The normalized spacial score (nSPS) is 10.9. The lowest BCUT2D eigenvalue weighted by atomic mass is 10.0. The van der Waals surface area contributed by atoms with E-state index in [-0.39, 0.29) is 0 Å². The second-order valence-corrected chi connectivity index (χ2v) is 6.88. The van der Waals surface area contributed by atoms with Gasteiger partial charge in [-0.15, -0.1) is 10.2 Å². The third kappa shape index (κ3) is 5.71. The standard InChI is InChI=1S/C21H18N3.ClHO4/c1-16-14-19(17-8-4-2-5-9-17)15-20(18-10-6-3-7-11-18)24(16)21-22-12-13-23-21;2-1(3,4)5/h2-15H,1H3,(H,22,23);(H,2,3,4,5)/q+1;/p-1. The number of H-pyrrole nitrogens is 1. The van der Waals surface area contributed by atoms with Gasteiger partial charge in [0.1, 0.15) is 11.9 Å². The molecule has 0 fully saturated rings. The van der Waals surface area contributed by atoms with Gasteiger partial charge in [-0.05, 0) is 30.2 Å². The summed E-state index contributed by atoms with van der Waals surface area (Å²) in [4.78, 5) is 7.66. The average Bonchev–Trinajstić information content (AvgIpc) is 3.22. The van der Waals surface area contributed by atoms with Crippen molar-refractivity contribution in [2.75, 3.05) is 0 Å². The predicted octanol–water partition coefficient (Wildman–Crippen LogP) is -0.427. The lowest BCUT2D eigenvalue weighted by molar-refractivity contribution is -2.00. The summed E-state index contributed by atoms with van der Waals surface area (Å²) >= 11 is 0. The second kappa shape index (κ2) is 8.95. The van der Waals surface area contributed by atoms with E-state index < -0.39 is 10.2 Å². The molecule has 148 valence electrons. The summed E-state index contributed by atoms with van der Waals surface area (Å²) < 4.78 is 36.1. The minimum atomic E-state index is -4.94. The Morgan fingerprint density at radius 2 is 1.34 bits per heavy atom. The Hall–Kier alpha value is -3.07. The monoisotopic (exact) mass is 411 g/mol. The first kappa shape index (κ1) is 20.7. The maximum Gasteiger partial charge on any atom is 0.401 e. The largest absolute Gasteiger partial charge is 0.401 e. The highest BCUT2D eigenvalue weighted by Gasteiger charge is 2.18. The fraction of sp³-hybridized carbons (Fsp3) is 0.0476. The van der Waals surface area contributed by atoms with Gasteiger partial charge in [0, 0.05) is 5.56 Å². The van der Waals surface area contributed by atoms with E-state index in [1.807, 2.05) is 18.3 Å². The molecule has 0 unspecified atom stereocenters. The van der Waals surface area contributed by atoms with Gasteiger partial charge in [-0.2, -0.15) is 4.57 Å². The van der Waals surface area contributed by atoms with Crippen LogP contribution in [0.5, 0.6) is 0 Å². The summed E-state index contributed by atoms with van der Waals surface area (Å²) in [5, 5.41) is 0. The van der Waals surface area contributed by atoms with E-state index in [2.05, 4.69) is 82.1 Å². The number of imidazole rings is 1. The van der Waals surface area contributed by atoms with Crippen molar-refractivity contribution in [3.05, 3.63) is 90.9 Å². The molecule has 0 atom stereocenters. The zero-order chi connectivity index (χ0) is 20.9. The van der Waals surface area contributed by atoms with Gasteiger partial charge < -0.3 is 0 Å². The summed E-state index contributed by atoms with van der Waals surface area (Å²) in [5.74, 6) is 0.825. The van der Waals surface area contributed by atoms with E-state index in [0.717, 1.165) is 22.9 Å². The first-order chi connectivity index (χ1) is 13.8. The number of halogens is 1. The molecule has 2 aromatic carbocycles. The summed E-state index contributed by atoms with van der Waals surface area (Å²) in [6.45, 7) is 2.11. The SMILES string of the molecule is Cc1cc(-c2ccccc2)cc(-c2ccccc2)[n+]1-c1ncc[nH]1.[O-][Cl+3]([O-])([O-])[O-]. The van der Waals surface area contributed by atoms with Gasteiger partial charge in [0.15, 0.2) is 0 Å². The molecular weight excluding hydrogens is 394 g/mol. The van der Waals surface area contributed by atoms with Gasteiger partial charge in [0.05, 0.1) is 11.9 Å². The molecule has 4 aromatic rings. The van der Waals surface area contributed by atoms with Gasteiger partial charge in [0.25, 0.3) is 0 Å². The van der Waals surface area contributed by atoms with Crippen molar-refractivity contribution in [3.8, 4) is 28.3 Å². The number of pyridine rings is 1.